The molecule has 2 rings (SSSR count). The van der Waals surface area contributed by atoms with Gasteiger partial charge in [0.05, 0.1) is 23.8 Å². The number of hydrogen-bond donors (Lipinski definition) is 4. The van der Waals surface area contributed by atoms with Gasteiger partial charge in [-0.25, -0.2) is 9.59 Å². The Morgan fingerprint density at radius 2 is 1.15 bits per heavy atom. The molecule has 20 heavy (non-hydrogen) atoms. The summed E-state index contributed by atoms with van der Waals surface area (Å²) in [4.78, 5) is 29.3. The van der Waals surface area contributed by atoms with E-state index in [2.05, 4.69) is 9.97 Å². The third-order valence-corrected chi connectivity index (χ3v) is 2.49. The van der Waals surface area contributed by atoms with Crippen molar-refractivity contribution in [1.82, 2.24) is 9.97 Å². The number of nitrogens with zero attached hydrogens (tertiary/aromatic N) is 2. The van der Waals surface area contributed by atoms with Gasteiger partial charge >= 0.3 is 11.9 Å². The smallest absolute Gasteiger partial charge is 0.339 e. The van der Waals surface area contributed by atoms with E-state index in [0.717, 1.165) is 24.5 Å². The van der Waals surface area contributed by atoms with Crippen LogP contribution in [0.1, 0.15) is 20.7 Å². The van der Waals surface area contributed by atoms with Crippen LogP contribution < -0.4 is 0 Å². The highest BCUT2D eigenvalue weighted by molar-refractivity contribution is 5.93. The molecule has 2 aromatic heterocycles. The molecule has 0 atom stereocenters. The summed E-state index contributed by atoms with van der Waals surface area (Å²) in [5, 5.41) is 36.4. The zero-order valence-corrected chi connectivity index (χ0v) is 9.81. The molecule has 0 aliphatic heterocycles. The van der Waals surface area contributed by atoms with Crippen molar-refractivity contribution < 1.29 is 30.0 Å². The molecule has 0 aliphatic carbocycles. The summed E-state index contributed by atoms with van der Waals surface area (Å²) in [5.74, 6) is -3.75. The second kappa shape index (κ2) is 4.84. The maximum Gasteiger partial charge on any atom is 0.339 e. The van der Waals surface area contributed by atoms with Gasteiger partial charge < -0.3 is 20.4 Å². The highest BCUT2D eigenvalue weighted by Crippen LogP contribution is 2.25. The Labute approximate surface area is 111 Å². The summed E-state index contributed by atoms with van der Waals surface area (Å²) in [7, 11) is 0. The Bertz CT molecular complexity index is 652. The molecule has 0 saturated heterocycles. The van der Waals surface area contributed by atoms with Crippen LogP contribution in [0.15, 0.2) is 24.5 Å². The zero-order valence-electron chi connectivity index (χ0n) is 9.81. The van der Waals surface area contributed by atoms with Crippen molar-refractivity contribution in [2.24, 2.45) is 0 Å². The number of aromatic nitrogens is 2. The minimum absolute atomic E-state index is 0.0581. The summed E-state index contributed by atoms with van der Waals surface area (Å²) in [6, 6.07) is 2.12. The van der Waals surface area contributed by atoms with E-state index in [4.69, 9.17) is 10.2 Å². The molecular weight excluding hydrogens is 268 g/mol. The van der Waals surface area contributed by atoms with Crippen LogP contribution in [0.4, 0.5) is 0 Å². The SMILES string of the molecule is O=C(O)c1cc(-c2cc(C(=O)O)c(O)cn2)ncc1O. The van der Waals surface area contributed by atoms with Gasteiger partial charge in [0, 0.05) is 0 Å². The van der Waals surface area contributed by atoms with Crippen LogP contribution in [-0.4, -0.2) is 42.3 Å². The average molecular weight is 276 g/mol. The molecule has 8 nitrogen and oxygen atoms in total. The maximum atomic E-state index is 10.9. The van der Waals surface area contributed by atoms with Gasteiger partial charge in [0.1, 0.15) is 22.6 Å². The molecule has 0 unspecified atom stereocenters. The highest BCUT2D eigenvalue weighted by atomic mass is 16.4. The lowest BCUT2D eigenvalue weighted by Crippen LogP contribution is -2.01. The van der Waals surface area contributed by atoms with E-state index >= 15 is 0 Å². The standard InChI is InChI=1S/C12H8N2O6/c15-9-3-13-7(1-5(9)11(17)18)8-2-6(12(19)20)10(16)4-14-8/h1-4,15-16H,(H,17,18)(H,19,20). The normalized spacial score (nSPS) is 10.2. The molecule has 0 radical (unpaired) electrons. The largest absolute Gasteiger partial charge is 0.505 e. The summed E-state index contributed by atoms with van der Waals surface area (Å²) in [6.45, 7) is 0. The number of carboxylic acid groups (broad SMARTS) is 2. The molecule has 4 N–H and O–H groups in total. The van der Waals surface area contributed by atoms with Gasteiger partial charge in [0.25, 0.3) is 0 Å². The number of hydrogen-bond acceptors (Lipinski definition) is 6. The number of aromatic hydroxyl groups is 2. The fraction of sp³-hybridized carbons (Fsp3) is 0. The van der Waals surface area contributed by atoms with Crippen molar-refractivity contribution in [2.45, 2.75) is 0 Å². The third-order valence-electron chi connectivity index (χ3n) is 2.49. The first-order valence-electron chi connectivity index (χ1n) is 5.25. The van der Waals surface area contributed by atoms with Gasteiger partial charge in [0.2, 0.25) is 0 Å². The summed E-state index contributed by atoms with van der Waals surface area (Å²) in [6.07, 6.45) is 1.85. The van der Waals surface area contributed by atoms with Gasteiger partial charge in [-0.15, -0.1) is 0 Å². The number of carbonyl (C=O) groups is 2. The lowest BCUT2D eigenvalue weighted by atomic mass is 10.1. The van der Waals surface area contributed by atoms with E-state index < -0.39 is 23.4 Å². The lowest BCUT2D eigenvalue weighted by Gasteiger charge is -2.05. The van der Waals surface area contributed by atoms with Crippen molar-refractivity contribution in [3.8, 4) is 22.9 Å². The van der Waals surface area contributed by atoms with E-state index in [9.17, 15) is 19.8 Å². The lowest BCUT2D eigenvalue weighted by molar-refractivity contribution is 0.0682. The van der Waals surface area contributed by atoms with Gasteiger partial charge in [-0.3, -0.25) is 9.97 Å². The molecule has 0 saturated carbocycles. The van der Waals surface area contributed by atoms with E-state index in [1.165, 1.54) is 0 Å². The maximum absolute atomic E-state index is 10.9. The van der Waals surface area contributed by atoms with Gasteiger partial charge in [-0.05, 0) is 12.1 Å². The fourth-order valence-electron chi connectivity index (χ4n) is 1.52. The van der Waals surface area contributed by atoms with Crippen LogP contribution in [0.3, 0.4) is 0 Å². The van der Waals surface area contributed by atoms with Crippen molar-refractivity contribution >= 4 is 11.9 Å². The van der Waals surface area contributed by atoms with Gasteiger partial charge in [0.15, 0.2) is 0 Å². The number of carboxylic acids is 2. The number of aromatic carboxylic acids is 2. The molecule has 0 amide bonds. The van der Waals surface area contributed by atoms with Gasteiger partial charge in [-0.2, -0.15) is 0 Å². The molecule has 8 heteroatoms. The Kier molecular flexibility index (Phi) is 3.21. The Balaban J connectivity index is 2.57. The first-order chi connectivity index (χ1) is 9.40. The summed E-state index contributed by atoms with van der Waals surface area (Å²) < 4.78 is 0. The topological polar surface area (TPSA) is 141 Å². The summed E-state index contributed by atoms with van der Waals surface area (Å²) >= 11 is 0. The molecule has 0 aliphatic rings. The Hall–Kier alpha value is -3.16. The predicted octanol–water partition coefficient (Wildman–Crippen LogP) is 0.951. The zero-order chi connectivity index (χ0) is 14.9. The van der Waals surface area contributed by atoms with Crippen LogP contribution in [0.25, 0.3) is 11.4 Å². The predicted molar refractivity (Wildman–Crippen MR) is 64.7 cm³/mol. The minimum Gasteiger partial charge on any atom is -0.505 e. The quantitative estimate of drug-likeness (QED) is 0.649. The number of rotatable bonds is 3. The van der Waals surface area contributed by atoms with E-state index in [1.807, 2.05) is 0 Å². The molecule has 102 valence electrons. The van der Waals surface area contributed by atoms with Crippen LogP contribution in [-0.2, 0) is 0 Å². The molecule has 2 heterocycles. The van der Waals surface area contributed by atoms with Crippen LogP contribution in [0.5, 0.6) is 11.5 Å². The van der Waals surface area contributed by atoms with E-state index in [0.29, 0.717) is 0 Å². The summed E-state index contributed by atoms with van der Waals surface area (Å²) in [5.41, 5.74) is -0.658. The molecule has 0 fully saturated rings. The first kappa shape index (κ1) is 13.3. The molecule has 2 aromatic rings. The van der Waals surface area contributed by atoms with E-state index in [1.54, 1.807) is 0 Å². The first-order valence-corrected chi connectivity index (χ1v) is 5.25. The van der Waals surface area contributed by atoms with Crippen molar-refractivity contribution in [3.63, 3.8) is 0 Å². The third kappa shape index (κ3) is 2.34. The van der Waals surface area contributed by atoms with E-state index in [-0.39, 0.29) is 22.5 Å². The van der Waals surface area contributed by atoms with Crippen LogP contribution in [0.2, 0.25) is 0 Å². The van der Waals surface area contributed by atoms with Crippen molar-refractivity contribution in [1.29, 1.82) is 0 Å². The highest BCUT2D eigenvalue weighted by Gasteiger charge is 2.16. The average Bonchev–Trinajstić information content (AvgIpc) is 2.39. The Morgan fingerprint density at radius 1 is 0.800 bits per heavy atom. The monoisotopic (exact) mass is 276 g/mol. The molecule has 0 bridgehead atoms. The fourth-order valence-corrected chi connectivity index (χ4v) is 1.52. The van der Waals surface area contributed by atoms with Crippen LogP contribution in [0, 0.1) is 0 Å². The molecule has 0 spiro atoms. The van der Waals surface area contributed by atoms with Crippen molar-refractivity contribution in [3.05, 3.63) is 35.7 Å². The molecular formula is C12H8N2O6. The molecule has 0 aromatic carbocycles. The Morgan fingerprint density at radius 3 is 1.45 bits per heavy atom. The van der Waals surface area contributed by atoms with Crippen LogP contribution >= 0.6 is 0 Å². The van der Waals surface area contributed by atoms with Gasteiger partial charge in [-0.1, -0.05) is 0 Å². The second-order valence-electron chi connectivity index (χ2n) is 3.78. The van der Waals surface area contributed by atoms with Crippen molar-refractivity contribution in [2.75, 3.05) is 0 Å². The number of pyridine rings is 2. The second-order valence-corrected chi connectivity index (χ2v) is 3.78. The minimum atomic E-state index is -1.36.